The zero-order valence-electron chi connectivity index (χ0n) is 16.8. The van der Waals surface area contributed by atoms with E-state index < -0.39 is 33.3 Å². The number of nitrogens with zero attached hydrogens (tertiary/aromatic N) is 1. The van der Waals surface area contributed by atoms with Crippen LogP contribution in [-0.2, 0) is 21.2 Å². The summed E-state index contributed by atoms with van der Waals surface area (Å²) >= 11 is 0. The van der Waals surface area contributed by atoms with Crippen LogP contribution in [0.4, 0.5) is 4.39 Å². The highest BCUT2D eigenvalue weighted by molar-refractivity contribution is 7.89. The third-order valence-corrected chi connectivity index (χ3v) is 7.03. The lowest BCUT2D eigenvalue weighted by Gasteiger charge is -2.26. The van der Waals surface area contributed by atoms with Gasteiger partial charge in [-0.25, -0.2) is 17.6 Å². The molecule has 0 amide bonds. The van der Waals surface area contributed by atoms with Crippen LogP contribution in [0.5, 0.6) is 0 Å². The van der Waals surface area contributed by atoms with E-state index in [1.54, 1.807) is 12.1 Å². The summed E-state index contributed by atoms with van der Waals surface area (Å²) in [4.78, 5) is 24.0. The summed E-state index contributed by atoms with van der Waals surface area (Å²) < 4.78 is 46.1. The van der Waals surface area contributed by atoms with Gasteiger partial charge in [0.05, 0.1) is 5.56 Å². The van der Waals surface area contributed by atoms with Gasteiger partial charge >= 0.3 is 5.97 Å². The van der Waals surface area contributed by atoms with Gasteiger partial charge in [-0.1, -0.05) is 37.6 Å². The molecule has 8 heteroatoms. The Kier molecular flexibility index (Phi) is 6.99. The van der Waals surface area contributed by atoms with E-state index in [4.69, 9.17) is 4.74 Å². The molecule has 0 aromatic heterocycles. The molecule has 1 aliphatic rings. The number of sulfonamides is 1. The van der Waals surface area contributed by atoms with Crippen LogP contribution in [0.15, 0.2) is 47.4 Å². The highest BCUT2D eigenvalue weighted by Crippen LogP contribution is 2.24. The first-order chi connectivity index (χ1) is 14.3. The molecule has 6 nitrogen and oxygen atoms in total. The smallest absolute Gasteiger partial charge is 0.338 e. The van der Waals surface area contributed by atoms with E-state index in [-0.39, 0.29) is 11.3 Å². The first kappa shape index (κ1) is 22.1. The lowest BCUT2D eigenvalue weighted by Crippen LogP contribution is -2.36. The summed E-state index contributed by atoms with van der Waals surface area (Å²) in [6, 6.07) is 10.0. The molecule has 0 aliphatic carbocycles. The molecule has 0 bridgehead atoms. The molecule has 1 saturated heterocycles. The van der Waals surface area contributed by atoms with Gasteiger partial charge in [0.25, 0.3) is 0 Å². The van der Waals surface area contributed by atoms with Crippen LogP contribution in [0.1, 0.15) is 52.5 Å². The third-order valence-electron chi connectivity index (χ3n) is 5.12. The molecular formula is C22H24FNO5S. The normalized spacial score (nSPS) is 15.0. The van der Waals surface area contributed by atoms with E-state index in [9.17, 15) is 22.4 Å². The van der Waals surface area contributed by atoms with Crippen LogP contribution in [0.2, 0.25) is 0 Å². The molecule has 2 aromatic carbocycles. The highest BCUT2D eigenvalue weighted by atomic mass is 32.2. The lowest BCUT2D eigenvalue weighted by atomic mass is 10.1. The van der Waals surface area contributed by atoms with Crippen LogP contribution in [0.25, 0.3) is 0 Å². The van der Waals surface area contributed by atoms with Crippen molar-refractivity contribution in [1.82, 2.24) is 4.31 Å². The summed E-state index contributed by atoms with van der Waals surface area (Å²) in [5.74, 6) is -2.19. The fourth-order valence-electron chi connectivity index (χ4n) is 3.30. The number of hydrogen-bond acceptors (Lipinski definition) is 5. The number of halogens is 1. The number of carbonyl (C=O) groups excluding carboxylic acids is 2. The Morgan fingerprint density at radius 3 is 2.27 bits per heavy atom. The lowest BCUT2D eigenvalue weighted by molar-refractivity contribution is 0.0474. The van der Waals surface area contributed by atoms with Gasteiger partial charge in [0.2, 0.25) is 10.0 Å². The quantitative estimate of drug-likeness (QED) is 0.492. The average Bonchev–Trinajstić information content (AvgIpc) is 2.78. The Bertz CT molecular complexity index is 1030. The summed E-state index contributed by atoms with van der Waals surface area (Å²) in [7, 11) is -4.05. The van der Waals surface area contributed by atoms with Crippen molar-refractivity contribution in [2.75, 3.05) is 19.7 Å². The molecule has 30 heavy (non-hydrogen) atoms. The SMILES string of the molecule is CCc1ccc(C(=O)COC(=O)c2ccc(F)c(S(=O)(=O)N3CCCCC3)c2)cc1. The van der Waals surface area contributed by atoms with Gasteiger partial charge in [0, 0.05) is 18.7 Å². The Labute approximate surface area is 175 Å². The Hall–Kier alpha value is -2.58. The van der Waals surface area contributed by atoms with Crippen LogP contribution >= 0.6 is 0 Å². The predicted molar refractivity (Wildman–Crippen MR) is 109 cm³/mol. The number of hydrogen-bond donors (Lipinski definition) is 0. The summed E-state index contributed by atoms with van der Waals surface area (Å²) in [5.41, 5.74) is 1.37. The molecule has 1 heterocycles. The molecule has 0 unspecified atom stereocenters. The van der Waals surface area contributed by atoms with E-state index in [0.29, 0.717) is 31.5 Å². The maximum atomic E-state index is 14.3. The molecule has 0 saturated carbocycles. The van der Waals surface area contributed by atoms with Gasteiger partial charge in [0.1, 0.15) is 10.7 Å². The number of carbonyl (C=O) groups is 2. The molecule has 0 spiro atoms. The first-order valence-corrected chi connectivity index (χ1v) is 11.4. The zero-order chi connectivity index (χ0) is 21.7. The minimum atomic E-state index is -4.05. The van der Waals surface area contributed by atoms with Crippen molar-refractivity contribution in [3.8, 4) is 0 Å². The van der Waals surface area contributed by atoms with Gasteiger partial charge in [-0.2, -0.15) is 4.31 Å². The number of ether oxygens (including phenoxy) is 1. The second-order valence-corrected chi connectivity index (χ2v) is 9.07. The Morgan fingerprint density at radius 2 is 1.63 bits per heavy atom. The molecule has 1 aliphatic heterocycles. The first-order valence-electron chi connectivity index (χ1n) is 9.92. The highest BCUT2D eigenvalue weighted by Gasteiger charge is 2.29. The largest absolute Gasteiger partial charge is 0.454 e. The molecule has 0 atom stereocenters. The maximum Gasteiger partial charge on any atom is 0.338 e. The average molecular weight is 434 g/mol. The Balaban J connectivity index is 1.71. The van der Waals surface area contributed by atoms with Crippen molar-refractivity contribution in [3.05, 3.63) is 65.0 Å². The van der Waals surface area contributed by atoms with Crippen molar-refractivity contribution < 1.29 is 27.1 Å². The van der Waals surface area contributed by atoms with Gasteiger partial charge in [-0.3, -0.25) is 4.79 Å². The topological polar surface area (TPSA) is 80.8 Å². The van der Waals surface area contributed by atoms with Crippen LogP contribution in [0.3, 0.4) is 0 Å². The van der Waals surface area contributed by atoms with E-state index >= 15 is 0 Å². The molecule has 3 rings (SSSR count). The minimum Gasteiger partial charge on any atom is -0.454 e. The number of rotatable bonds is 7. The summed E-state index contributed by atoms with van der Waals surface area (Å²) in [6.07, 6.45) is 3.20. The monoisotopic (exact) mass is 433 g/mol. The van der Waals surface area contributed by atoms with Crippen molar-refractivity contribution >= 4 is 21.8 Å². The van der Waals surface area contributed by atoms with Crippen LogP contribution in [0, 0.1) is 5.82 Å². The fraction of sp³-hybridized carbons (Fsp3) is 0.364. The standard InChI is InChI=1S/C22H24FNO5S/c1-2-16-6-8-17(9-7-16)20(25)15-29-22(26)18-10-11-19(23)21(14-18)30(27,28)24-12-4-3-5-13-24/h6-11,14H,2-5,12-13,15H2,1H3. The van der Waals surface area contributed by atoms with Crippen molar-refractivity contribution in [3.63, 3.8) is 0 Å². The van der Waals surface area contributed by atoms with Crippen LogP contribution < -0.4 is 0 Å². The molecule has 160 valence electrons. The molecule has 1 fully saturated rings. The number of ketones is 1. The zero-order valence-corrected chi connectivity index (χ0v) is 17.6. The molecule has 0 radical (unpaired) electrons. The van der Waals surface area contributed by atoms with Crippen molar-refractivity contribution in [1.29, 1.82) is 0 Å². The number of Topliss-reactive ketones (excluding diaryl/α,β-unsaturated/α-hetero) is 1. The van der Waals surface area contributed by atoms with Gasteiger partial charge in [-0.05, 0) is 43.0 Å². The number of benzene rings is 2. The van der Waals surface area contributed by atoms with Gasteiger partial charge < -0.3 is 4.74 Å². The van der Waals surface area contributed by atoms with Gasteiger partial charge in [-0.15, -0.1) is 0 Å². The van der Waals surface area contributed by atoms with E-state index in [1.807, 2.05) is 19.1 Å². The molecule has 0 N–H and O–H groups in total. The maximum absolute atomic E-state index is 14.3. The predicted octanol–water partition coefficient (Wildman–Crippen LogP) is 3.60. The number of esters is 1. The van der Waals surface area contributed by atoms with E-state index in [1.165, 1.54) is 4.31 Å². The summed E-state index contributed by atoms with van der Waals surface area (Å²) in [6.45, 7) is 2.15. The number of piperidine rings is 1. The third kappa shape index (κ3) is 4.94. The fourth-order valence-corrected chi connectivity index (χ4v) is 4.90. The van der Waals surface area contributed by atoms with E-state index in [2.05, 4.69) is 0 Å². The van der Waals surface area contributed by atoms with Crippen molar-refractivity contribution in [2.45, 2.75) is 37.5 Å². The molecule has 2 aromatic rings. The summed E-state index contributed by atoms with van der Waals surface area (Å²) in [5, 5.41) is 0. The van der Waals surface area contributed by atoms with Gasteiger partial charge in [0.15, 0.2) is 12.4 Å². The van der Waals surface area contributed by atoms with E-state index in [0.717, 1.165) is 36.6 Å². The van der Waals surface area contributed by atoms with Crippen LogP contribution in [-0.4, -0.2) is 44.2 Å². The van der Waals surface area contributed by atoms with Crippen molar-refractivity contribution in [2.24, 2.45) is 0 Å². The minimum absolute atomic E-state index is 0.124. The molecular weight excluding hydrogens is 409 g/mol. The second-order valence-electron chi connectivity index (χ2n) is 7.16. The Morgan fingerprint density at radius 1 is 1.00 bits per heavy atom. The number of aryl methyl sites for hydroxylation is 1. The second kappa shape index (κ2) is 9.49.